The molecular formula is C15H20N2O. The highest BCUT2D eigenvalue weighted by molar-refractivity contribution is 5.37. The molecule has 0 fully saturated rings. The second-order valence-electron chi connectivity index (χ2n) is 4.93. The zero-order chi connectivity index (χ0) is 13.1. The van der Waals surface area contributed by atoms with E-state index < -0.39 is 6.10 Å². The predicted molar refractivity (Wildman–Crippen MR) is 72.5 cm³/mol. The molecule has 1 unspecified atom stereocenters. The van der Waals surface area contributed by atoms with Crippen LogP contribution in [0.25, 0.3) is 0 Å². The van der Waals surface area contributed by atoms with E-state index in [0.717, 1.165) is 12.1 Å². The van der Waals surface area contributed by atoms with Gasteiger partial charge in [0.15, 0.2) is 0 Å². The first kappa shape index (κ1) is 12.8. The smallest absolute Gasteiger partial charge is 0.0978 e. The number of hydrogen-bond donors (Lipinski definition) is 2. The largest absolute Gasteiger partial charge is 0.387 e. The Bertz CT molecular complexity index is 494. The van der Waals surface area contributed by atoms with Gasteiger partial charge in [-0.3, -0.25) is 0 Å². The number of H-pyrrole nitrogens is 1. The van der Waals surface area contributed by atoms with Gasteiger partial charge in [-0.25, -0.2) is 4.98 Å². The van der Waals surface area contributed by atoms with E-state index in [1.54, 1.807) is 12.5 Å². The van der Waals surface area contributed by atoms with Crippen molar-refractivity contribution in [3.8, 4) is 0 Å². The molecule has 1 aromatic carbocycles. The van der Waals surface area contributed by atoms with Crippen LogP contribution in [0, 0.1) is 20.8 Å². The maximum atomic E-state index is 10.0. The normalized spacial score (nSPS) is 12.7. The zero-order valence-electron chi connectivity index (χ0n) is 11.2. The monoisotopic (exact) mass is 244 g/mol. The third kappa shape index (κ3) is 2.79. The molecule has 0 aliphatic heterocycles. The lowest BCUT2D eigenvalue weighted by molar-refractivity contribution is 0.163. The number of aromatic amines is 1. The molecule has 3 heteroatoms. The summed E-state index contributed by atoms with van der Waals surface area (Å²) >= 11 is 0. The van der Waals surface area contributed by atoms with Crippen LogP contribution in [-0.4, -0.2) is 15.1 Å². The molecule has 0 spiro atoms. The number of rotatable bonds is 4. The van der Waals surface area contributed by atoms with E-state index in [1.807, 2.05) is 0 Å². The molecule has 0 amide bonds. The second kappa shape index (κ2) is 5.36. The zero-order valence-corrected chi connectivity index (χ0v) is 11.2. The summed E-state index contributed by atoms with van der Waals surface area (Å²) in [6.07, 6.45) is 4.44. The number of nitrogens with zero attached hydrogens (tertiary/aromatic N) is 1. The van der Waals surface area contributed by atoms with Crippen molar-refractivity contribution in [1.82, 2.24) is 9.97 Å². The first-order chi connectivity index (χ1) is 8.58. The molecule has 2 aromatic rings. The number of imidazole rings is 1. The minimum atomic E-state index is -0.489. The molecule has 0 radical (unpaired) electrons. The van der Waals surface area contributed by atoms with Gasteiger partial charge in [-0.05, 0) is 50.3 Å². The lowest BCUT2D eigenvalue weighted by atomic mass is 9.95. The molecule has 0 saturated heterocycles. The Morgan fingerprint density at radius 2 is 1.89 bits per heavy atom. The number of aromatic nitrogens is 2. The first-order valence-corrected chi connectivity index (χ1v) is 6.31. The van der Waals surface area contributed by atoms with Crippen molar-refractivity contribution in [2.45, 2.75) is 39.7 Å². The van der Waals surface area contributed by atoms with Crippen molar-refractivity contribution in [2.75, 3.05) is 0 Å². The Morgan fingerprint density at radius 1 is 1.22 bits per heavy atom. The fourth-order valence-electron chi connectivity index (χ4n) is 2.49. The molecule has 1 heterocycles. The van der Waals surface area contributed by atoms with Gasteiger partial charge in [0.05, 0.1) is 18.1 Å². The van der Waals surface area contributed by atoms with Crippen molar-refractivity contribution in [2.24, 2.45) is 0 Å². The van der Waals surface area contributed by atoms with Crippen LogP contribution in [-0.2, 0) is 6.42 Å². The molecule has 3 nitrogen and oxygen atoms in total. The van der Waals surface area contributed by atoms with Crippen molar-refractivity contribution in [3.63, 3.8) is 0 Å². The van der Waals surface area contributed by atoms with E-state index >= 15 is 0 Å². The van der Waals surface area contributed by atoms with Crippen LogP contribution in [0.3, 0.4) is 0 Å². The highest BCUT2D eigenvalue weighted by atomic mass is 16.3. The van der Waals surface area contributed by atoms with Crippen molar-refractivity contribution >= 4 is 0 Å². The third-order valence-electron chi connectivity index (χ3n) is 3.37. The number of aryl methyl sites for hydroxylation is 3. The number of benzene rings is 1. The Kier molecular flexibility index (Phi) is 3.82. The molecule has 0 aliphatic carbocycles. The first-order valence-electron chi connectivity index (χ1n) is 6.31. The minimum Gasteiger partial charge on any atom is -0.387 e. The lowest BCUT2D eigenvalue weighted by Gasteiger charge is -2.13. The SMILES string of the molecule is Cc1cc(C)c(CCC(O)c2c[nH]cn2)c(C)c1. The maximum Gasteiger partial charge on any atom is 0.0978 e. The van der Waals surface area contributed by atoms with Crippen molar-refractivity contribution in [3.05, 3.63) is 52.6 Å². The summed E-state index contributed by atoms with van der Waals surface area (Å²) < 4.78 is 0. The van der Waals surface area contributed by atoms with E-state index in [1.165, 1.54) is 22.3 Å². The van der Waals surface area contributed by atoms with Gasteiger partial charge < -0.3 is 10.1 Å². The van der Waals surface area contributed by atoms with E-state index in [-0.39, 0.29) is 0 Å². The average molecular weight is 244 g/mol. The number of nitrogens with one attached hydrogen (secondary N) is 1. The van der Waals surface area contributed by atoms with Gasteiger partial charge >= 0.3 is 0 Å². The lowest BCUT2D eigenvalue weighted by Crippen LogP contribution is -2.02. The van der Waals surface area contributed by atoms with Crippen LogP contribution in [0.5, 0.6) is 0 Å². The Labute approximate surface area is 108 Å². The molecule has 2 rings (SSSR count). The summed E-state index contributed by atoms with van der Waals surface area (Å²) in [6, 6.07) is 4.40. The molecule has 0 aliphatic rings. The third-order valence-corrected chi connectivity index (χ3v) is 3.37. The van der Waals surface area contributed by atoms with Crippen LogP contribution in [0.1, 0.15) is 40.5 Å². The highest BCUT2D eigenvalue weighted by Gasteiger charge is 2.11. The van der Waals surface area contributed by atoms with E-state index in [9.17, 15) is 5.11 Å². The number of aliphatic hydroxyl groups is 1. The van der Waals surface area contributed by atoms with Gasteiger partial charge in [-0.2, -0.15) is 0 Å². The Balaban J connectivity index is 2.07. The highest BCUT2D eigenvalue weighted by Crippen LogP contribution is 2.22. The summed E-state index contributed by atoms with van der Waals surface area (Å²) in [5.41, 5.74) is 5.97. The van der Waals surface area contributed by atoms with Gasteiger partial charge in [0.25, 0.3) is 0 Å². The quantitative estimate of drug-likeness (QED) is 0.868. The van der Waals surface area contributed by atoms with Gasteiger partial charge in [-0.1, -0.05) is 17.7 Å². The summed E-state index contributed by atoms with van der Waals surface area (Å²) in [4.78, 5) is 6.95. The Morgan fingerprint density at radius 3 is 2.44 bits per heavy atom. The fourth-order valence-corrected chi connectivity index (χ4v) is 2.49. The van der Waals surface area contributed by atoms with E-state index in [0.29, 0.717) is 6.42 Å². The number of hydrogen-bond acceptors (Lipinski definition) is 2. The predicted octanol–water partition coefficient (Wildman–Crippen LogP) is 3.00. The Hall–Kier alpha value is -1.61. The van der Waals surface area contributed by atoms with Crippen LogP contribution >= 0.6 is 0 Å². The summed E-state index contributed by atoms with van der Waals surface area (Å²) in [5, 5.41) is 10.0. The van der Waals surface area contributed by atoms with Crippen LogP contribution in [0.4, 0.5) is 0 Å². The summed E-state index contributed by atoms with van der Waals surface area (Å²) in [6.45, 7) is 6.38. The molecule has 96 valence electrons. The molecule has 1 aromatic heterocycles. The van der Waals surface area contributed by atoms with Crippen LogP contribution < -0.4 is 0 Å². The van der Waals surface area contributed by atoms with Crippen molar-refractivity contribution < 1.29 is 5.11 Å². The van der Waals surface area contributed by atoms with E-state index in [4.69, 9.17) is 0 Å². The van der Waals surface area contributed by atoms with Gasteiger partial charge in [-0.15, -0.1) is 0 Å². The van der Waals surface area contributed by atoms with Crippen molar-refractivity contribution in [1.29, 1.82) is 0 Å². The van der Waals surface area contributed by atoms with Crippen LogP contribution in [0.2, 0.25) is 0 Å². The second-order valence-corrected chi connectivity index (χ2v) is 4.93. The molecule has 2 N–H and O–H groups in total. The molecule has 0 bridgehead atoms. The average Bonchev–Trinajstić information content (AvgIpc) is 2.80. The number of aliphatic hydroxyl groups excluding tert-OH is 1. The molecule has 0 saturated carbocycles. The molecular weight excluding hydrogens is 224 g/mol. The van der Waals surface area contributed by atoms with Gasteiger partial charge in [0.1, 0.15) is 0 Å². The van der Waals surface area contributed by atoms with E-state index in [2.05, 4.69) is 42.9 Å². The van der Waals surface area contributed by atoms with Gasteiger partial charge in [0.2, 0.25) is 0 Å². The topological polar surface area (TPSA) is 48.9 Å². The fraction of sp³-hybridized carbons (Fsp3) is 0.400. The summed E-state index contributed by atoms with van der Waals surface area (Å²) in [7, 11) is 0. The molecule has 18 heavy (non-hydrogen) atoms. The van der Waals surface area contributed by atoms with Gasteiger partial charge in [0, 0.05) is 6.20 Å². The standard InChI is InChI=1S/C15H20N2O/c1-10-6-11(2)13(12(3)7-10)4-5-15(18)14-8-16-9-17-14/h6-9,15,18H,4-5H2,1-3H3,(H,16,17). The van der Waals surface area contributed by atoms with Crippen LogP contribution in [0.15, 0.2) is 24.7 Å². The molecule has 1 atom stereocenters. The maximum absolute atomic E-state index is 10.0. The summed E-state index contributed by atoms with van der Waals surface area (Å²) in [5.74, 6) is 0. The minimum absolute atomic E-state index is 0.489.